The molecule has 2 N–H and O–H groups in total. The summed E-state index contributed by atoms with van der Waals surface area (Å²) in [6.07, 6.45) is 1.16. The van der Waals surface area contributed by atoms with Crippen LogP contribution in [0.4, 0.5) is 11.4 Å². The van der Waals surface area contributed by atoms with Crippen LogP contribution in [0.25, 0.3) is 0 Å². The minimum Gasteiger partial charge on any atom is -0.487 e. The van der Waals surface area contributed by atoms with E-state index in [0.717, 1.165) is 28.4 Å². The van der Waals surface area contributed by atoms with Gasteiger partial charge in [-0.25, -0.2) is 0 Å². The van der Waals surface area contributed by atoms with E-state index in [1.54, 1.807) is 18.0 Å². The first kappa shape index (κ1) is 25.3. The summed E-state index contributed by atoms with van der Waals surface area (Å²) < 4.78 is 5.84. The van der Waals surface area contributed by atoms with E-state index < -0.39 is 6.10 Å². The number of β-amino-alcohol motifs (C(OH)–C–C–N with tert-alkyl or cyclic N) is 1. The van der Waals surface area contributed by atoms with Crippen molar-refractivity contribution < 1.29 is 14.9 Å². The Hall–Kier alpha value is -3.36. The normalized spacial score (nSPS) is 13.2. The third-order valence-electron chi connectivity index (χ3n) is 6.25. The summed E-state index contributed by atoms with van der Waals surface area (Å²) in [6.45, 7) is 2.48. The summed E-state index contributed by atoms with van der Waals surface area (Å²) in [4.78, 5) is 10.9. The van der Waals surface area contributed by atoms with Crippen LogP contribution in [-0.4, -0.2) is 52.4 Å². The van der Waals surface area contributed by atoms with Gasteiger partial charge in [-0.2, -0.15) is 0 Å². The lowest BCUT2D eigenvalue weighted by Gasteiger charge is -2.35. The average molecular weight is 514 g/mol. The number of ether oxygens (including phenoxy) is 1. The van der Waals surface area contributed by atoms with Gasteiger partial charge in [0.15, 0.2) is 0 Å². The van der Waals surface area contributed by atoms with E-state index in [4.69, 9.17) is 4.74 Å². The van der Waals surface area contributed by atoms with E-state index in [1.165, 1.54) is 9.79 Å². The molecule has 0 unspecified atom stereocenters. The number of hydrogen-bond donors (Lipinski definition) is 2. The highest BCUT2D eigenvalue weighted by Crippen LogP contribution is 2.47. The number of fused-ring (bicyclic) bond motifs is 2. The zero-order valence-electron chi connectivity index (χ0n) is 20.6. The Bertz CT molecular complexity index is 1240. The average Bonchev–Trinajstić information content (AvgIpc) is 2.93. The van der Waals surface area contributed by atoms with Crippen molar-refractivity contribution in [3.05, 3.63) is 108 Å². The number of nitrogens with zero attached hydrogens (tertiary/aromatic N) is 3. The molecule has 1 atom stereocenters. The minimum atomic E-state index is -0.600. The number of hydrogen-bond acceptors (Lipinski definition) is 7. The summed E-state index contributed by atoms with van der Waals surface area (Å²) in [5.74, 6) is 0.781. The fraction of sp³-hybridized carbons (Fsp3) is 0.233. The quantitative estimate of drug-likeness (QED) is 0.289. The summed E-state index contributed by atoms with van der Waals surface area (Å²) in [7, 11) is 0. The van der Waals surface area contributed by atoms with Gasteiger partial charge in [-0.05, 0) is 54.1 Å². The predicted octanol–water partition coefficient (Wildman–Crippen LogP) is 5.12. The molecule has 5 rings (SSSR count). The topological polar surface area (TPSA) is 69.1 Å². The van der Waals surface area contributed by atoms with Gasteiger partial charge < -0.3 is 19.8 Å². The predicted molar refractivity (Wildman–Crippen MR) is 147 cm³/mol. The maximum Gasteiger partial charge on any atom is 0.130 e. The third kappa shape index (κ3) is 6.50. The molecule has 1 aromatic heterocycles. The molecule has 1 aliphatic heterocycles. The van der Waals surface area contributed by atoms with Gasteiger partial charge in [-0.1, -0.05) is 54.2 Å². The third-order valence-corrected chi connectivity index (χ3v) is 7.38. The van der Waals surface area contributed by atoms with Crippen molar-refractivity contribution in [2.75, 3.05) is 31.1 Å². The second kappa shape index (κ2) is 12.3. The first-order valence-corrected chi connectivity index (χ1v) is 13.3. The molecule has 0 fully saturated rings. The van der Waals surface area contributed by atoms with Crippen molar-refractivity contribution in [2.24, 2.45) is 0 Å². The van der Waals surface area contributed by atoms with E-state index in [0.29, 0.717) is 32.8 Å². The minimum absolute atomic E-state index is 0.0318. The van der Waals surface area contributed by atoms with Crippen LogP contribution in [0.1, 0.15) is 11.3 Å². The van der Waals surface area contributed by atoms with Crippen LogP contribution < -0.4 is 9.64 Å². The Balaban J connectivity index is 1.22. The maximum atomic E-state index is 11.2. The summed E-state index contributed by atoms with van der Waals surface area (Å²) in [6, 6.07) is 30.3. The summed E-state index contributed by atoms with van der Waals surface area (Å²) >= 11 is 1.76. The zero-order chi connectivity index (χ0) is 25.5. The number of para-hydroxylation sites is 2. The highest BCUT2D eigenvalue weighted by atomic mass is 32.2. The molecule has 0 saturated carbocycles. The van der Waals surface area contributed by atoms with Crippen molar-refractivity contribution in [1.82, 2.24) is 9.88 Å². The Morgan fingerprint density at radius 1 is 0.865 bits per heavy atom. The highest BCUT2D eigenvalue weighted by Gasteiger charge is 2.25. The number of aliphatic hydroxyl groups excluding tert-OH is 2. The molecule has 4 aromatic rings. The molecular formula is C30H31N3O3S. The smallest absolute Gasteiger partial charge is 0.130 e. The van der Waals surface area contributed by atoms with Gasteiger partial charge in [0, 0.05) is 35.6 Å². The first-order valence-electron chi connectivity index (χ1n) is 12.5. The molecule has 0 aliphatic carbocycles. The molecule has 0 saturated heterocycles. The molecule has 0 amide bonds. The first-order chi connectivity index (χ1) is 18.2. The molecule has 3 aromatic carbocycles. The molecule has 37 heavy (non-hydrogen) atoms. The molecule has 2 heterocycles. The molecule has 0 radical (unpaired) electrons. The maximum absolute atomic E-state index is 11.2. The lowest BCUT2D eigenvalue weighted by atomic mass is 10.1. The van der Waals surface area contributed by atoms with Crippen LogP contribution in [0.3, 0.4) is 0 Å². The SMILES string of the molecule is OCCN(Cc1ccc(OCc2ccccn2)cc1)C[C@H](O)CN1c2ccccc2Sc2ccccc21. The van der Waals surface area contributed by atoms with Gasteiger partial charge in [-0.15, -0.1) is 0 Å². The fourth-order valence-electron chi connectivity index (χ4n) is 4.51. The van der Waals surface area contributed by atoms with E-state index in [9.17, 15) is 10.2 Å². The highest BCUT2D eigenvalue weighted by molar-refractivity contribution is 7.99. The van der Waals surface area contributed by atoms with Gasteiger partial charge in [0.1, 0.15) is 12.4 Å². The van der Waals surface area contributed by atoms with Gasteiger partial charge in [0.2, 0.25) is 0 Å². The number of anilines is 2. The van der Waals surface area contributed by atoms with E-state index >= 15 is 0 Å². The Morgan fingerprint density at radius 2 is 1.54 bits per heavy atom. The van der Waals surface area contributed by atoms with Crippen molar-refractivity contribution in [3.63, 3.8) is 0 Å². The number of rotatable bonds is 11. The zero-order valence-corrected chi connectivity index (χ0v) is 21.4. The van der Waals surface area contributed by atoms with E-state index in [2.05, 4.69) is 39.0 Å². The van der Waals surface area contributed by atoms with E-state index in [1.807, 2.05) is 66.7 Å². The second-order valence-corrected chi connectivity index (χ2v) is 10.1. The Labute approximate surface area is 222 Å². The number of pyridine rings is 1. The van der Waals surface area contributed by atoms with Crippen LogP contribution in [0.2, 0.25) is 0 Å². The molecule has 6 nitrogen and oxygen atoms in total. The molecule has 0 bridgehead atoms. The van der Waals surface area contributed by atoms with Crippen molar-refractivity contribution in [1.29, 1.82) is 0 Å². The van der Waals surface area contributed by atoms with Crippen LogP contribution >= 0.6 is 11.8 Å². The Morgan fingerprint density at radius 3 is 2.19 bits per heavy atom. The monoisotopic (exact) mass is 513 g/mol. The van der Waals surface area contributed by atoms with Crippen LogP contribution in [0, 0.1) is 0 Å². The summed E-state index contributed by atoms with van der Waals surface area (Å²) in [5.41, 5.74) is 4.20. The van der Waals surface area contributed by atoms with Gasteiger partial charge in [0.25, 0.3) is 0 Å². The number of benzene rings is 3. The molecular weight excluding hydrogens is 482 g/mol. The van der Waals surface area contributed by atoms with Crippen LogP contribution in [0.5, 0.6) is 5.75 Å². The van der Waals surface area contributed by atoms with Gasteiger partial charge in [-0.3, -0.25) is 9.88 Å². The van der Waals surface area contributed by atoms with Crippen LogP contribution in [0.15, 0.2) is 107 Å². The second-order valence-electron chi connectivity index (χ2n) is 9.01. The number of aliphatic hydroxyl groups is 2. The van der Waals surface area contributed by atoms with Crippen molar-refractivity contribution in [3.8, 4) is 5.75 Å². The molecule has 7 heteroatoms. The molecule has 190 valence electrons. The van der Waals surface area contributed by atoms with Gasteiger partial charge in [0.05, 0.1) is 36.3 Å². The lowest BCUT2D eigenvalue weighted by Crippen LogP contribution is -2.40. The largest absolute Gasteiger partial charge is 0.487 e. The fourth-order valence-corrected chi connectivity index (χ4v) is 5.61. The molecule has 0 spiro atoms. The van der Waals surface area contributed by atoms with Crippen molar-refractivity contribution >= 4 is 23.1 Å². The number of aromatic nitrogens is 1. The lowest BCUT2D eigenvalue weighted by molar-refractivity contribution is 0.100. The van der Waals surface area contributed by atoms with Crippen molar-refractivity contribution in [2.45, 2.75) is 29.0 Å². The van der Waals surface area contributed by atoms with E-state index in [-0.39, 0.29) is 6.61 Å². The standard InChI is InChI=1S/C30H31N3O3S/c34-18-17-32(19-23-12-14-26(15-13-23)36-22-24-7-5-6-16-31-24)20-25(35)21-33-27-8-1-3-10-29(27)37-30-11-4-2-9-28(30)33/h1-16,25,34-35H,17-22H2/t25-/m0/s1. The molecule has 1 aliphatic rings. The Kier molecular flexibility index (Phi) is 8.38. The van der Waals surface area contributed by atoms with Gasteiger partial charge >= 0.3 is 0 Å². The summed E-state index contributed by atoms with van der Waals surface area (Å²) in [5, 5.41) is 20.8. The van der Waals surface area contributed by atoms with Crippen LogP contribution in [-0.2, 0) is 13.2 Å².